The first-order chi connectivity index (χ1) is 15.2. The van der Waals surface area contributed by atoms with Gasteiger partial charge < -0.3 is 20.6 Å². The van der Waals surface area contributed by atoms with Gasteiger partial charge in [-0.3, -0.25) is 4.79 Å². The van der Waals surface area contributed by atoms with Crippen LogP contribution in [-0.4, -0.2) is 32.8 Å². The van der Waals surface area contributed by atoms with Gasteiger partial charge in [-0.15, -0.1) is 10.2 Å². The number of nitrogen functional groups attached to an aromatic ring is 1. The van der Waals surface area contributed by atoms with E-state index in [0.717, 1.165) is 16.9 Å². The lowest BCUT2D eigenvalue weighted by molar-refractivity contribution is -0.120. The maximum atomic E-state index is 12.6. The molecule has 8 nitrogen and oxygen atoms in total. The van der Waals surface area contributed by atoms with Gasteiger partial charge in [0, 0.05) is 12.1 Å². The SMILES string of the molecule is CC(Sc1nnc(-c2ccc(C(C)(C)C)cc2)n1N)C(=O)NCc1ccc2c(c1)OCO2. The number of nitrogens with two attached hydrogens (primary N) is 1. The van der Waals surface area contributed by atoms with E-state index in [-0.39, 0.29) is 18.1 Å². The molecule has 4 rings (SSSR count). The molecule has 1 aliphatic rings. The maximum Gasteiger partial charge on any atom is 0.233 e. The summed E-state index contributed by atoms with van der Waals surface area (Å²) < 4.78 is 12.1. The van der Waals surface area contributed by atoms with Crippen LogP contribution in [0.25, 0.3) is 11.4 Å². The van der Waals surface area contributed by atoms with Gasteiger partial charge >= 0.3 is 0 Å². The van der Waals surface area contributed by atoms with E-state index < -0.39 is 5.25 Å². The molecule has 0 bridgehead atoms. The molecule has 3 aromatic rings. The summed E-state index contributed by atoms with van der Waals surface area (Å²) >= 11 is 1.26. The summed E-state index contributed by atoms with van der Waals surface area (Å²) in [5.74, 6) is 8.09. The van der Waals surface area contributed by atoms with Gasteiger partial charge in [0.15, 0.2) is 17.3 Å². The highest BCUT2D eigenvalue weighted by Crippen LogP contribution is 2.32. The fourth-order valence-corrected chi connectivity index (χ4v) is 4.06. The first kappa shape index (κ1) is 22.0. The minimum atomic E-state index is -0.397. The van der Waals surface area contributed by atoms with Crippen molar-refractivity contribution in [3.05, 3.63) is 53.6 Å². The lowest BCUT2D eigenvalue weighted by Crippen LogP contribution is -2.30. The van der Waals surface area contributed by atoms with Gasteiger partial charge in [-0.25, -0.2) is 4.68 Å². The molecule has 1 amide bonds. The second kappa shape index (κ2) is 8.74. The van der Waals surface area contributed by atoms with Gasteiger partial charge in [-0.05, 0) is 35.6 Å². The summed E-state index contributed by atoms with van der Waals surface area (Å²) in [5.41, 5.74) is 3.11. The summed E-state index contributed by atoms with van der Waals surface area (Å²) in [6.07, 6.45) is 0. The van der Waals surface area contributed by atoms with Crippen LogP contribution in [0.15, 0.2) is 47.6 Å². The first-order valence-corrected chi connectivity index (χ1v) is 11.2. The van der Waals surface area contributed by atoms with Crippen molar-refractivity contribution in [3.8, 4) is 22.9 Å². The second-order valence-corrected chi connectivity index (χ2v) is 9.98. The Hall–Kier alpha value is -3.20. The summed E-state index contributed by atoms with van der Waals surface area (Å²) in [6.45, 7) is 8.93. The monoisotopic (exact) mass is 453 g/mol. The molecule has 0 saturated carbocycles. The Morgan fingerprint density at radius 2 is 1.88 bits per heavy atom. The summed E-state index contributed by atoms with van der Waals surface area (Å²) in [7, 11) is 0. The Labute approximate surface area is 191 Å². The van der Waals surface area contributed by atoms with Crippen LogP contribution < -0.4 is 20.6 Å². The number of benzene rings is 2. The number of fused-ring (bicyclic) bond motifs is 1. The number of hydrogen-bond acceptors (Lipinski definition) is 7. The Morgan fingerprint density at radius 3 is 2.59 bits per heavy atom. The first-order valence-electron chi connectivity index (χ1n) is 10.4. The van der Waals surface area contributed by atoms with Gasteiger partial charge in [0.25, 0.3) is 0 Å². The Bertz CT molecular complexity index is 1120. The fraction of sp³-hybridized carbons (Fsp3) is 0.348. The van der Waals surface area contributed by atoms with Crippen molar-refractivity contribution in [1.29, 1.82) is 0 Å². The summed E-state index contributed by atoms with van der Waals surface area (Å²) in [5, 5.41) is 11.4. The standard InChI is InChI=1S/C23H27N5O3S/c1-14(21(29)25-12-15-5-10-18-19(11-15)31-13-30-18)32-22-27-26-20(28(22)24)16-6-8-17(9-7-16)23(2,3)4/h5-11,14H,12-13,24H2,1-4H3,(H,25,29). The van der Waals surface area contributed by atoms with E-state index >= 15 is 0 Å². The third-order valence-corrected chi connectivity index (χ3v) is 6.29. The van der Waals surface area contributed by atoms with E-state index in [4.69, 9.17) is 15.3 Å². The third kappa shape index (κ3) is 4.67. The van der Waals surface area contributed by atoms with Gasteiger partial charge in [0.05, 0.1) is 5.25 Å². The molecule has 1 aromatic heterocycles. The molecule has 1 unspecified atom stereocenters. The zero-order valence-corrected chi connectivity index (χ0v) is 19.4. The van der Waals surface area contributed by atoms with E-state index in [9.17, 15) is 4.79 Å². The normalized spacial score (nSPS) is 13.8. The molecule has 2 heterocycles. The lowest BCUT2D eigenvalue weighted by atomic mass is 9.87. The number of amides is 1. The number of thioether (sulfide) groups is 1. The van der Waals surface area contributed by atoms with Crippen molar-refractivity contribution >= 4 is 17.7 Å². The highest BCUT2D eigenvalue weighted by molar-refractivity contribution is 8.00. The van der Waals surface area contributed by atoms with Crippen LogP contribution in [0.5, 0.6) is 11.5 Å². The van der Waals surface area contributed by atoms with Crippen molar-refractivity contribution in [2.75, 3.05) is 12.6 Å². The minimum absolute atomic E-state index is 0.0688. The number of carbonyl (C=O) groups is 1. The molecular weight excluding hydrogens is 426 g/mol. The molecule has 1 aliphatic heterocycles. The smallest absolute Gasteiger partial charge is 0.233 e. The van der Waals surface area contributed by atoms with Crippen LogP contribution in [0, 0.1) is 0 Å². The zero-order chi connectivity index (χ0) is 22.9. The van der Waals surface area contributed by atoms with Crippen LogP contribution in [0.1, 0.15) is 38.8 Å². The van der Waals surface area contributed by atoms with Crippen LogP contribution in [-0.2, 0) is 16.8 Å². The Kier molecular flexibility index (Phi) is 6.01. The van der Waals surface area contributed by atoms with E-state index in [1.807, 2.05) is 37.3 Å². The predicted octanol–water partition coefficient (Wildman–Crippen LogP) is 3.48. The number of hydrogen-bond donors (Lipinski definition) is 2. The van der Waals surface area contributed by atoms with Crippen LogP contribution >= 0.6 is 11.8 Å². The molecule has 9 heteroatoms. The summed E-state index contributed by atoms with van der Waals surface area (Å²) in [6, 6.07) is 13.7. The molecule has 0 spiro atoms. The van der Waals surface area contributed by atoms with Crippen molar-refractivity contribution < 1.29 is 14.3 Å². The topological polar surface area (TPSA) is 104 Å². The quantitative estimate of drug-likeness (QED) is 0.435. The molecule has 0 fully saturated rings. The fourth-order valence-electron chi connectivity index (χ4n) is 3.27. The maximum absolute atomic E-state index is 12.6. The van der Waals surface area contributed by atoms with Crippen molar-refractivity contribution in [2.45, 2.75) is 50.1 Å². The Morgan fingerprint density at radius 1 is 1.16 bits per heavy atom. The molecule has 0 saturated heterocycles. The second-order valence-electron chi connectivity index (χ2n) is 8.67. The molecule has 2 aromatic carbocycles. The lowest BCUT2D eigenvalue weighted by Gasteiger charge is -2.19. The Balaban J connectivity index is 1.37. The number of aromatic nitrogens is 3. The van der Waals surface area contributed by atoms with Crippen LogP contribution in [0.2, 0.25) is 0 Å². The number of carbonyl (C=O) groups excluding carboxylic acids is 1. The number of nitrogens with one attached hydrogen (secondary N) is 1. The molecule has 168 valence electrons. The van der Waals surface area contributed by atoms with Gasteiger partial charge in [0.2, 0.25) is 17.9 Å². The van der Waals surface area contributed by atoms with E-state index in [1.165, 1.54) is 22.0 Å². The molecule has 32 heavy (non-hydrogen) atoms. The molecule has 3 N–H and O–H groups in total. The highest BCUT2D eigenvalue weighted by Gasteiger charge is 2.21. The molecule has 0 radical (unpaired) electrons. The third-order valence-electron chi connectivity index (χ3n) is 5.23. The number of ether oxygens (including phenoxy) is 2. The zero-order valence-electron chi connectivity index (χ0n) is 18.6. The largest absolute Gasteiger partial charge is 0.454 e. The van der Waals surface area contributed by atoms with Gasteiger partial charge in [-0.1, -0.05) is 62.9 Å². The van der Waals surface area contributed by atoms with Crippen LogP contribution in [0.4, 0.5) is 0 Å². The molecule has 1 atom stereocenters. The van der Waals surface area contributed by atoms with Crippen molar-refractivity contribution in [3.63, 3.8) is 0 Å². The van der Waals surface area contributed by atoms with E-state index in [1.54, 1.807) is 0 Å². The number of rotatable bonds is 6. The molecule has 0 aliphatic carbocycles. The van der Waals surface area contributed by atoms with E-state index in [2.05, 4.69) is 48.4 Å². The average molecular weight is 454 g/mol. The van der Waals surface area contributed by atoms with Crippen molar-refractivity contribution in [1.82, 2.24) is 20.2 Å². The van der Waals surface area contributed by atoms with E-state index in [0.29, 0.717) is 23.3 Å². The van der Waals surface area contributed by atoms with Gasteiger partial charge in [0.1, 0.15) is 0 Å². The number of nitrogens with zero attached hydrogens (tertiary/aromatic N) is 3. The summed E-state index contributed by atoms with van der Waals surface area (Å²) in [4.78, 5) is 12.6. The van der Waals surface area contributed by atoms with Crippen LogP contribution in [0.3, 0.4) is 0 Å². The highest BCUT2D eigenvalue weighted by atomic mass is 32.2. The average Bonchev–Trinajstić information content (AvgIpc) is 3.37. The van der Waals surface area contributed by atoms with Crippen molar-refractivity contribution in [2.24, 2.45) is 0 Å². The molecular formula is C23H27N5O3S. The van der Waals surface area contributed by atoms with Gasteiger partial charge in [-0.2, -0.15) is 0 Å². The predicted molar refractivity (Wildman–Crippen MR) is 124 cm³/mol. The minimum Gasteiger partial charge on any atom is -0.454 e.